The Bertz CT molecular complexity index is 1410. The van der Waals surface area contributed by atoms with E-state index in [4.69, 9.17) is 14.1 Å². The van der Waals surface area contributed by atoms with Crippen LogP contribution in [0.2, 0.25) is 0 Å². The Morgan fingerprint density at radius 3 is 2.17 bits per heavy atom. The van der Waals surface area contributed by atoms with Gasteiger partial charge in [-0.05, 0) is 73.7 Å². The molecule has 0 N–H and O–H groups in total. The SMILES string of the molecule is Cc1ccc(C)c2oc(CN3CCC[C@@H](OCc4cc(C(F)(F)F)cc(C(F)(F)F)c4)[C@H]3c3ccccc3)nc12. The Labute approximate surface area is 227 Å². The number of halogens is 6. The summed E-state index contributed by atoms with van der Waals surface area (Å²) in [5.41, 5.74) is 1.51. The van der Waals surface area contributed by atoms with Crippen molar-refractivity contribution in [3.63, 3.8) is 0 Å². The number of benzene rings is 3. The molecule has 4 aromatic rings. The summed E-state index contributed by atoms with van der Waals surface area (Å²) in [6, 6.07) is 14.7. The van der Waals surface area contributed by atoms with Crippen LogP contribution in [0.4, 0.5) is 26.3 Å². The van der Waals surface area contributed by atoms with Gasteiger partial charge in [-0.15, -0.1) is 0 Å². The molecule has 2 atom stereocenters. The fraction of sp³-hybridized carbons (Fsp3) is 0.367. The number of aryl methyl sites for hydroxylation is 2. The normalized spacial score (nSPS) is 18.9. The fourth-order valence-corrected chi connectivity index (χ4v) is 5.31. The van der Waals surface area contributed by atoms with Gasteiger partial charge in [0.05, 0.1) is 36.4 Å². The molecule has 3 aromatic carbocycles. The molecule has 0 bridgehead atoms. The van der Waals surface area contributed by atoms with Gasteiger partial charge in [-0.3, -0.25) is 4.90 Å². The Balaban J connectivity index is 1.43. The minimum absolute atomic E-state index is 0.127. The first-order valence-electron chi connectivity index (χ1n) is 12.9. The number of alkyl halides is 6. The van der Waals surface area contributed by atoms with Crippen molar-refractivity contribution in [1.82, 2.24) is 9.88 Å². The maximum atomic E-state index is 13.4. The van der Waals surface area contributed by atoms with E-state index in [0.717, 1.165) is 46.3 Å². The van der Waals surface area contributed by atoms with Crippen molar-refractivity contribution in [3.05, 3.63) is 99.9 Å². The lowest BCUT2D eigenvalue weighted by Gasteiger charge is -2.41. The summed E-state index contributed by atoms with van der Waals surface area (Å²) in [5.74, 6) is 0.529. The molecule has 10 heteroatoms. The second-order valence-corrected chi connectivity index (χ2v) is 10.2. The van der Waals surface area contributed by atoms with E-state index >= 15 is 0 Å². The summed E-state index contributed by atoms with van der Waals surface area (Å²) in [4.78, 5) is 6.86. The van der Waals surface area contributed by atoms with Crippen LogP contribution >= 0.6 is 0 Å². The highest BCUT2D eigenvalue weighted by atomic mass is 19.4. The minimum atomic E-state index is -4.92. The van der Waals surface area contributed by atoms with Gasteiger partial charge in [-0.1, -0.05) is 42.5 Å². The van der Waals surface area contributed by atoms with E-state index in [0.29, 0.717) is 25.4 Å². The molecule has 0 amide bonds. The summed E-state index contributed by atoms with van der Waals surface area (Å²) in [7, 11) is 0. The molecule has 1 aliphatic rings. The van der Waals surface area contributed by atoms with E-state index in [9.17, 15) is 26.3 Å². The number of hydrogen-bond acceptors (Lipinski definition) is 4. The number of oxazole rings is 1. The molecular weight excluding hydrogens is 534 g/mol. The van der Waals surface area contributed by atoms with Gasteiger partial charge in [-0.2, -0.15) is 26.3 Å². The Morgan fingerprint density at radius 2 is 1.55 bits per heavy atom. The Hall–Kier alpha value is -3.37. The zero-order chi connectivity index (χ0) is 28.7. The van der Waals surface area contributed by atoms with Crippen molar-refractivity contribution >= 4 is 11.1 Å². The van der Waals surface area contributed by atoms with Crippen LogP contribution in [-0.2, 0) is 30.2 Å². The molecule has 2 heterocycles. The summed E-state index contributed by atoms with van der Waals surface area (Å²) in [6.45, 7) is 4.58. The minimum Gasteiger partial charge on any atom is -0.439 e. The van der Waals surface area contributed by atoms with Gasteiger partial charge in [0.1, 0.15) is 5.52 Å². The second-order valence-electron chi connectivity index (χ2n) is 10.2. The van der Waals surface area contributed by atoms with Crippen LogP contribution < -0.4 is 0 Å². The predicted octanol–water partition coefficient (Wildman–Crippen LogP) is 8.40. The molecule has 0 aliphatic carbocycles. The van der Waals surface area contributed by atoms with Crippen LogP contribution in [0.1, 0.15) is 58.2 Å². The molecule has 1 aromatic heterocycles. The number of rotatable bonds is 6. The highest BCUT2D eigenvalue weighted by Gasteiger charge is 2.38. The molecule has 1 saturated heterocycles. The van der Waals surface area contributed by atoms with E-state index in [-0.39, 0.29) is 17.7 Å². The van der Waals surface area contributed by atoms with Gasteiger partial charge in [0.25, 0.3) is 0 Å². The molecule has 0 unspecified atom stereocenters. The summed E-state index contributed by atoms with van der Waals surface area (Å²) >= 11 is 0. The van der Waals surface area contributed by atoms with Crippen molar-refractivity contribution < 1.29 is 35.5 Å². The first-order chi connectivity index (χ1) is 18.9. The van der Waals surface area contributed by atoms with E-state index in [1.807, 2.05) is 56.3 Å². The number of likely N-dealkylation sites (tertiary alicyclic amines) is 1. The molecule has 40 heavy (non-hydrogen) atoms. The third-order valence-corrected chi connectivity index (χ3v) is 7.26. The number of piperidine rings is 1. The van der Waals surface area contributed by atoms with Crippen molar-refractivity contribution in [2.45, 2.75) is 64.3 Å². The van der Waals surface area contributed by atoms with Gasteiger partial charge in [0.15, 0.2) is 5.58 Å². The molecule has 4 nitrogen and oxygen atoms in total. The summed E-state index contributed by atoms with van der Waals surface area (Å²) in [6.07, 6.45) is -9.00. The number of ether oxygens (including phenoxy) is 1. The highest BCUT2D eigenvalue weighted by molar-refractivity contribution is 5.79. The lowest BCUT2D eigenvalue weighted by Crippen LogP contribution is -2.42. The fourth-order valence-electron chi connectivity index (χ4n) is 5.31. The zero-order valence-corrected chi connectivity index (χ0v) is 21.9. The van der Waals surface area contributed by atoms with Gasteiger partial charge in [0.2, 0.25) is 5.89 Å². The maximum absolute atomic E-state index is 13.4. The van der Waals surface area contributed by atoms with Gasteiger partial charge in [-0.25, -0.2) is 4.98 Å². The quantitative estimate of drug-likeness (QED) is 0.221. The van der Waals surface area contributed by atoms with E-state index in [2.05, 4.69) is 4.90 Å². The Morgan fingerprint density at radius 1 is 0.900 bits per heavy atom. The molecular formula is C30H28F6N2O2. The van der Waals surface area contributed by atoms with Gasteiger partial charge < -0.3 is 9.15 Å². The molecule has 0 spiro atoms. The third kappa shape index (κ3) is 6.02. The molecule has 0 radical (unpaired) electrons. The lowest BCUT2D eigenvalue weighted by atomic mass is 9.92. The number of nitrogens with zero attached hydrogens (tertiary/aromatic N) is 2. The van der Waals surface area contributed by atoms with Crippen LogP contribution in [0.3, 0.4) is 0 Å². The average Bonchev–Trinajstić information content (AvgIpc) is 3.34. The maximum Gasteiger partial charge on any atom is 0.416 e. The number of hydrogen-bond donors (Lipinski definition) is 0. The smallest absolute Gasteiger partial charge is 0.416 e. The topological polar surface area (TPSA) is 38.5 Å². The van der Waals surface area contributed by atoms with Crippen LogP contribution in [0.5, 0.6) is 0 Å². The van der Waals surface area contributed by atoms with Gasteiger partial charge in [0, 0.05) is 0 Å². The van der Waals surface area contributed by atoms with Crippen molar-refractivity contribution in [1.29, 1.82) is 0 Å². The number of fused-ring (bicyclic) bond motifs is 1. The number of aromatic nitrogens is 1. The van der Waals surface area contributed by atoms with Crippen molar-refractivity contribution in [2.75, 3.05) is 6.54 Å². The summed E-state index contributed by atoms with van der Waals surface area (Å²) < 4.78 is 92.4. The van der Waals surface area contributed by atoms with E-state index in [1.54, 1.807) is 0 Å². The van der Waals surface area contributed by atoms with Crippen LogP contribution in [0.15, 0.2) is 65.1 Å². The van der Waals surface area contributed by atoms with Crippen LogP contribution in [0.25, 0.3) is 11.1 Å². The van der Waals surface area contributed by atoms with Crippen molar-refractivity contribution in [3.8, 4) is 0 Å². The first-order valence-corrected chi connectivity index (χ1v) is 12.9. The van der Waals surface area contributed by atoms with Crippen molar-refractivity contribution in [2.24, 2.45) is 0 Å². The van der Waals surface area contributed by atoms with E-state index < -0.39 is 36.2 Å². The molecule has 1 fully saturated rings. The molecule has 212 valence electrons. The highest BCUT2D eigenvalue weighted by Crippen LogP contribution is 2.38. The summed E-state index contributed by atoms with van der Waals surface area (Å²) in [5, 5.41) is 0. The second kappa shape index (κ2) is 10.9. The monoisotopic (exact) mass is 562 g/mol. The lowest BCUT2D eigenvalue weighted by molar-refractivity contribution is -0.143. The van der Waals surface area contributed by atoms with E-state index in [1.165, 1.54) is 0 Å². The largest absolute Gasteiger partial charge is 0.439 e. The first kappa shape index (κ1) is 28.2. The molecule has 1 aliphatic heterocycles. The standard InChI is InChI=1S/C30H28F6N2O2/c1-18-10-11-19(2)28-26(18)37-25(40-28)16-38-12-6-9-24(27(38)21-7-4-3-5-8-21)39-17-20-13-22(29(31,32)33)15-23(14-20)30(34,35)36/h3-5,7-8,10-11,13-15,24,27H,6,9,12,16-17H2,1-2H3/t24-,27-/m1/s1. The van der Waals surface area contributed by atoms with Gasteiger partial charge >= 0.3 is 12.4 Å². The molecule has 5 rings (SSSR count). The average molecular weight is 563 g/mol. The Kier molecular flexibility index (Phi) is 7.67. The zero-order valence-electron chi connectivity index (χ0n) is 21.9. The molecule has 0 saturated carbocycles. The van der Waals surface area contributed by atoms with Crippen LogP contribution in [-0.4, -0.2) is 22.5 Å². The van der Waals surface area contributed by atoms with Crippen LogP contribution in [0, 0.1) is 13.8 Å². The predicted molar refractivity (Wildman–Crippen MR) is 137 cm³/mol. The third-order valence-electron chi connectivity index (χ3n) is 7.26.